The lowest BCUT2D eigenvalue weighted by molar-refractivity contribution is -0.148. The Morgan fingerprint density at radius 3 is 1.65 bits per heavy atom. The Bertz CT molecular complexity index is 2440. The third kappa shape index (κ3) is 27.3. The van der Waals surface area contributed by atoms with E-state index in [2.05, 4.69) is 29.4 Å². The highest BCUT2D eigenvalue weighted by Gasteiger charge is 2.43. The Morgan fingerprint density at radius 2 is 1.12 bits per heavy atom. The molecule has 1 aliphatic rings. The van der Waals surface area contributed by atoms with Gasteiger partial charge in [0.05, 0.1) is 61.5 Å². The number of hydrogen-bond donors (Lipinski definition) is 3. The smallest absolute Gasteiger partial charge is 0.226 e. The van der Waals surface area contributed by atoms with Crippen LogP contribution >= 0.6 is 0 Å². The summed E-state index contributed by atoms with van der Waals surface area (Å²) in [7, 11) is 6.13. The second kappa shape index (κ2) is 41.4. The summed E-state index contributed by atoms with van der Waals surface area (Å²) in [5.41, 5.74) is 0. The number of allylic oxidation sites excluding steroid dienone is 2. The third-order valence-corrected chi connectivity index (χ3v) is 18.2. The lowest BCUT2D eigenvalue weighted by atomic mass is 9.82. The Labute approximate surface area is 547 Å². The molecular formula is C71H123N7O13. The van der Waals surface area contributed by atoms with Crippen molar-refractivity contribution in [3.05, 3.63) is 24.3 Å². The number of hydrogen-bond acceptors (Lipinski definition) is 15. The Morgan fingerprint density at radius 1 is 0.571 bits per heavy atom. The minimum atomic E-state index is -1.38. The topological polar surface area (TPSA) is 257 Å². The van der Waals surface area contributed by atoms with Gasteiger partial charge < -0.3 is 40.1 Å². The summed E-state index contributed by atoms with van der Waals surface area (Å²) in [5.74, 6) is -11.1. The van der Waals surface area contributed by atoms with Crippen LogP contribution in [0.2, 0.25) is 0 Å². The van der Waals surface area contributed by atoms with Crippen molar-refractivity contribution in [1.29, 1.82) is 0 Å². The SMILES string of the molecule is C/C=C/C[C@@H](C)[C@@H](O)[C@@H]1CC(=O)[C@H](C(C)C)N(C)C(=O)[C@H](CC(C)C)CC(=O)[C@H](CC(C)C)N(C)CC(=O)[C@@H](C)NC(=O)[C@H](C)CC(=O)[C@H](CC(C)C)N(C)C(=O)[C@H](C(C)C)CC(=O)[C@H]([C@@H](C)OC/C=C/CN(CC)CC)N(C)C(=O)CCC(=O)[C@H](CC)NC1=O. The van der Waals surface area contributed by atoms with Gasteiger partial charge in [-0.05, 0) is 109 Å². The largest absolute Gasteiger partial charge is 0.392 e. The molecule has 1 saturated heterocycles. The summed E-state index contributed by atoms with van der Waals surface area (Å²) >= 11 is 0. The van der Waals surface area contributed by atoms with E-state index in [1.54, 1.807) is 67.3 Å². The number of rotatable bonds is 21. The fourth-order valence-electron chi connectivity index (χ4n) is 12.3. The molecule has 1 aliphatic heterocycles. The van der Waals surface area contributed by atoms with Crippen LogP contribution in [0.5, 0.6) is 0 Å². The molecule has 520 valence electrons. The molecule has 20 heteroatoms. The van der Waals surface area contributed by atoms with Crippen LogP contribution in [0, 0.1) is 59.2 Å². The van der Waals surface area contributed by atoms with Gasteiger partial charge in [-0.25, -0.2) is 0 Å². The minimum absolute atomic E-state index is 0.00892. The Balaban J connectivity index is 4.21. The number of likely N-dealkylation sites (N-methyl/N-ethyl adjacent to an activating group) is 5. The van der Waals surface area contributed by atoms with E-state index in [1.165, 1.54) is 42.8 Å². The van der Waals surface area contributed by atoms with E-state index in [0.717, 1.165) is 13.1 Å². The van der Waals surface area contributed by atoms with Crippen molar-refractivity contribution < 1.29 is 62.6 Å². The monoisotopic (exact) mass is 1280 g/mol. The van der Waals surface area contributed by atoms with Gasteiger partial charge in [0.15, 0.2) is 34.7 Å². The number of ketones is 6. The van der Waals surface area contributed by atoms with E-state index in [-0.39, 0.29) is 87.4 Å². The lowest BCUT2D eigenvalue weighted by Gasteiger charge is -2.36. The molecule has 0 saturated carbocycles. The molecule has 0 aromatic heterocycles. The van der Waals surface area contributed by atoms with Gasteiger partial charge >= 0.3 is 0 Å². The Hall–Kier alpha value is -5.31. The molecule has 0 aromatic rings. The fourth-order valence-corrected chi connectivity index (χ4v) is 12.3. The van der Waals surface area contributed by atoms with Crippen molar-refractivity contribution in [1.82, 2.24) is 35.1 Å². The number of nitrogens with zero attached hydrogens (tertiary/aromatic N) is 5. The van der Waals surface area contributed by atoms with Crippen LogP contribution in [-0.4, -0.2) is 203 Å². The molecule has 1 fully saturated rings. The molecule has 20 nitrogen and oxygen atoms in total. The van der Waals surface area contributed by atoms with Gasteiger partial charge in [-0.15, -0.1) is 0 Å². The maximum absolute atomic E-state index is 14.9. The van der Waals surface area contributed by atoms with Crippen LogP contribution < -0.4 is 10.6 Å². The van der Waals surface area contributed by atoms with E-state index in [1.807, 2.05) is 72.8 Å². The first-order chi connectivity index (χ1) is 42.4. The number of ether oxygens (including phenoxy) is 1. The van der Waals surface area contributed by atoms with E-state index in [4.69, 9.17) is 4.74 Å². The van der Waals surface area contributed by atoms with Gasteiger partial charge in [-0.1, -0.05) is 128 Å². The van der Waals surface area contributed by atoms with Crippen molar-refractivity contribution >= 4 is 64.2 Å². The fraction of sp³-hybridized carbons (Fsp3) is 0.789. The molecule has 1 rings (SSSR count). The molecular weight excluding hydrogens is 1160 g/mol. The maximum atomic E-state index is 14.9. The second-order valence-corrected chi connectivity index (χ2v) is 28.0. The van der Waals surface area contributed by atoms with E-state index >= 15 is 0 Å². The summed E-state index contributed by atoms with van der Waals surface area (Å²) in [6, 6.07) is -6.29. The first-order valence-corrected chi connectivity index (χ1v) is 34.0. The molecule has 0 radical (unpaired) electrons. The predicted molar refractivity (Wildman–Crippen MR) is 358 cm³/mol. The third-order valence-electron chi connectivity index (χ3n) is 18.2. The van der Waals surface area contributed by atoms with Crippen LogP contribution in [-0.2, 0) is 57.5 Å². The number of aliphatic hydroxyl groups is 1. The van der Waals surface area contributed by atoms with Gasteiger partial charge in [0, 0.05) is 84.0 Å². The highest BCUT2D eigenvalue weighted by atomic mass is 16.5. The zero-order valence-electron chi connectivity index (χ0n) is 60.1. The van der Waals surface area contributed by atoms with Gasteiger partial charge in [0.2, 0.25) is 29.5 Å². The Kier molecular flexibility index (Phi) is 38.1. The minimum Gasteiger partial charge on any atom is -0.392 e. The van der Waals surface area contributed by atoms with Gasteiger partial charge in [0.1, 0.15) is 6.04 Å². The second-order valence-electron chi connectivity index (χ2n) is 28.0. The summed E-state index contributed by atoms with van der Waals surface area (Å²) in [5, 5.41) is 17.6. The molecule has 13 atom stereocenters. The molecule has 0 bridgehead atoms. The summed E-state index contributed by atoms with van der Waals surface area (Å²) < 4.78 is 6.25. The van der Waals surface area contributed by atoms with Crippen LogP contribution in [0.3, 0.4) is 0 Å². The zero-order valence-corrected chi connectivity index (χ0v) is 60.1. The van der Waals surface area contributed by atoms with Crippen molar-refractivity contribution in [2.24, 2.45) is 59.2 Å². The molecule has 5 amide bonds. The van der Waals surface area contributed by atoms with Crippen LogP contribution in [0.25, 0.3) is 0 Å². The van der Waals surface area contributed by atoms with Crippen molar-refractivity contribution in [2.75, 3.05) is 61.0 Å². The zero-order chi connectivity index (χ0) is 69.9. The van der Waals surface area contributed by atoms with E-state index < -0.39 is 149 Å². The van der Waals surface area contributed by atoms with Gasteiger partial charge in [-0.3, -0.25) is 57.6 Å². The number of carbonyl (C=O) groups excluding carboxylic acids is 11. The molecule has 3 N–H and O–H groups in total. The molecule has 0 unspecified atom stereocenters. The number of Topliss-reactive ketones (excluding diaryl/α,β-unsaturated/α-hetero) is 6. The number of nitrogens with one attached hydrogen (secondary N) is 2. The van der Waals surface area contributed by atoms with Crippen LogP contribution in [0.1, 0.15) is 195 Å². The lowest BCUT2D eigenvalue weighted by Crippen LogP contribution is -2.53. The number of carbonyl (C=O) groups is 11. The average Bonchev–Trinajstić information content (AvgIpc) is 2.03. The molecule has 0 aliphatic carbocycles. The summed E-state index contributed by atoms with van der Waals surface area (Å²) in [4.78, 5) is 168. The maximum Gasteiger partial charge on any atom is 0.226 e. The standard InChI is InChI=1S/C71H123N7O13/c1-23-27-30-48(15)67(86)54-41-61(82)65(47(13)14)77(22)70(89)52(35-43(5)6)39-60(81)56(36-44(7)8)74(19)42-63(84)50(17)72-68(87)49(16)38-59(80)57(37-45(9)10)75(20)71(90)53(46(11)12)40-62(83)66(51(18)91-34-29-28-33-78(25-3)26-4)76(21)64(85)32-31-58(79)55(24-2)73-69(54)88/h23,27-29,43-57,65-67,86H,24-26,30-42H2,1-22H3,(H,72,87)(H,73,88)/b27-23+,29-28+/t48-,49-,50-,51-,52-,53+,54+,55+,56+,57+,65+,66+,67-/m1/s1. The molecule has 0 aromatic carbocycles. The number of amides is 5. The van der Waals surface area contributed by atoms with Crippen molar-refractivity contribution in [3.8, 4) is 0 Å². The van der Waals surface area contributed by atoms with E-state index in [9.17, 15) is 57.8 Å². The summed E-state index contributed by atoms with van der Waals surface area (Å²) in [6.45, 7) is 35.1. The first-order valence-electron chi connectivity index (χ1n) is 34.0. The average molecular weight is 1280 g/mol. The number of aliphatic hydroxyl groups excluding tert-OH is 1. The molecule has 0 spiro atoms. The molecule has 91 heavy (non-hydrogen) atoms. The highest BCUT2D eigenvalue weighted by Crippen LogP contribution is 2.30. The first kappa shape index (κ1) is 83.7. The van der Waals surface area contributed by atoms with Crippen molar-refractivity contribution in [2.45, 2.75) is 244 Å². The van der Waals surface area contributed by atoms with Crippen molar-refractivity contribution in [3.63, 3.8) is 0 Å². The molecule has 1 heterocycles. The normalized spacial score (nSPS) is 26.8. The predicted octanol–water partition coefficient (Wildman–Crippen LogP) is 8.14. The van der Waals surface area contributed by atoms with Gasteiger partial charge in [-0.2, -0.15) is 0 Å². The van der Waals surface area contributed by atoms with E-state index in [0.29, 0.717) is 25.8 Å². The van der Waals surface area contributed by atoms with Gasteiger partial charge in [0.25, 0.3) is 0 Å². The quantitative estimate of drug-likeness (QED) is 0.0917. The van der Waals surface area contributed by atoms with Crippen LogP contribution in [0.15, 0.2) is 24.3 Å². The highest BCUT2D eigenvalue weighted by molar-refractivity contribution is 5.99. The summed E-state index contributed by atoms with van der Waals surface area (Å²) in [6.07, 6.45) is 4.47. The van der Waals surface area contributed by atoms with Crippen LogP contribution in [0.4, 0.5) is 0 Å².